The van der Waals surface area contributed by atoms with Crippen LogP contribution in [-0.4, -0.2) is 13.7 Å². The van der Waals surface area contributed by atoms with E-state index in [0.29, 0.717) is 0 Å². The van der Waals surface area contributed by atoms with Crippen molar-refractivity contribution in [3.8, 4) is 0 Å². The molecule has 1 unspecified atom stereocenters. The molecule has 0 saturated carbocycles. The number of H-pyrrole nitrogens is 1. The fraction of sp³-hybridized carbons (Fsp3) is 0. The number of aromatic amines is 1. The first-order valence-corrected chi connectivity index (χ1v) is 3.56. The monoisotopic (exact) mass is 181 g/mol. The third-order valence-electron chi connectivity index (χ3n) is 0.962. The zero-order chi connectivity index (χ0) is 7.56. The van der Waals surface area contributed by atoms with Crippen molar-refractivity contribution in [2.24, 2.45) is 0 Å². The zero-order valence-corrected chi connectivity index (χ0v) is 8.68. The molecule has 1 aromatic rings. The molecule has 0 bridgehead atoms. The van der Waals surface area contributed by atoms with Gasteiger partial charge in [0.1, 0.15) is 0 Å². The van der Waals surface area contributed by atoms with E-state index in [1.54, 1.807) is 0 Å². The summed E-state index contributed by atoms with van der Waals surface area (Å²) in [5.74, 6) is 0. The Labute approximate surface area is 87.6 Å². The molecule has 4 nitrogen and oxygen atoms in total. The number of hydrogen-bond acceptors (Lipinski definition) is 3. The zero-order valence-electron chi connectivity index (χ0n) is 5.87. The van der Waals surface area contributed by atoms with E-state index in [1.807, 2.05) is 0 Å². The number of aromatic nitrogens is 1. The summed E-state index contributed by atoms with van der Waals surface area (Å²) in [6, 6.07) is 2.69. The van der Waals surface area contributed by atoms with E-state index in [2.05, 4.69) is 4.98 Å². The molecule has 1 aromatic heterocycles. The van der Waals surface area contributed by atoms with Crippen molar-refractivity contribution in [3.05, 3.63) is 28.7 Å². The maximum Gasteiger partial charge on any atom is 1.00 e. The van der Waals surface area contributed by atoms with E-state index in [0.717, 1.165) is 0 Å². The molecular weight excluding hydrogens is 177 g/mol. The van der Waals surface area contributed by atoms with Gasteiger partial charge in [-0.25, -0.2) is 0 Å². The molecule has 1 atom stereocenters. The summed E-state index contributed by atoms with van der Waals surface area (Å²) in [6.45, 7) is 0. The van der Waals surface area contributed by atoms with Crippen LogP contribution in [0.1, 0.15) is 0 Å². The van der Waals surface area contributed by atoms with Crippen molar-refractivity contribution in [1.29, 1.82) is 0 Å². The first kappa shape index (κ1) is 11.1. The molecule has 0 aliphatic rings. The third-order valence-corrected chi connectivity index (χ3v) is 1.64. The summed E-state index contributed by atoms with van der Waals surface area (Å²) in [6.07, 6.45) is 1.37. The Kier molecular flexibility index (Phi) is 4.87. The van der Waals surface area contributed by atoms with Gasteiger partial charge < -0.3 is 9.54 Å². The standard InChI is InChI=1S/C5H5NO3S.Na/c7-5-4(10(8)9)2-1-3-6-5;/h1-3H,(H,6,7)(H,8,9);/q;+1/p-1. The molecule has 0 amide bonds. The largest absolute Gasteiger partial charge is 1.00 e. The van der Waals surface area contributed by atoms with E-state index in [1.165, 1.54) is 18.3 Å². The van der Waals surface area contributed by atoms with Crippen LogP contribution in [0.3, 0.4) is 0 Å². The van der Waals surface area contributed by atoms with Gasteiger partial charge in [0.05, 0.1) is 4.90 Å². The molecule has 1 heterocycles. The fourth-order valence-corrected chi connectivity index (χ4v) is 0.937. The Morgan fingerprint density at radius 2 is 2.18 bits per heavy atom. The van der Waals surface area contributed by atoms with Crippen LogP contribution in [0, 0.1) is 0 Å². The van der Waals surface area contributed by atoms with E-state index in [4.69, 9.17) is 0 Å². The van der Waals surface area contributed by atoms with E-state index < -0.39 is 16.6 Å². The second kappa shape index (κ2) is 4.84. The molecule has 1 rings (SSSR count). The van der Waals surface area contributed by atoms with Crippen LogP contribution >= 0.6 is 0 Å². The molecule has 0 aliphatic heterocycles. The summed E-state index contributed by atoms with van der Waals surface area (Å²) >= 11 is -2.43. The Morgan fingerprint density at radius 1 is 1.55 bits per heavy atom. The number of hydrogen-bond donors (Lipinski definition) is 1. The predicted octanol–water partition coefficient (Wildman–Crippen LogP) is -3.38. The Balaban J connectivity index is 0.000001000. The molecule has 0 aromatic carbocycles. The minimum Gasteiger partial charge on any atom is -0.768 e. The fourth-order valence-electron chi connectivity index (χ4n) is 0.537. The van der Waals surface area contributed by atoms with Gasteiger partial charge in [0.2, 0.25) is 0 Å². The topological polar surface area (TPSA) is 73.0 Å². The normalized spacial score (nSPS) is 11.7. The van der Waals surface area contributed by atoms with Crippen molar-refractivity contribution in [3.63, 3.8) is 0 Å². The van der Waals surface area contributed by atoms with Gasteiger partial charge in [0.15, 0.2) is 0 Å². The first-order chi connectivity index (χ1) is 4.72. The van der Waals surface area contributed by atoms with Gasteiger partial charge in [0, 0.05) is 6.20 Å². The van der Waals surface area contributed by atoms with E-state index in [-0.39, 0.29) is 34.5 Å². The quantitative estimate of drug-likeness (QED) is 0.363. The van der Waals surface area contributed by atoms with Gasteiger partial charge >= 0.3 is 29.6 Å². The van der Waals surface area contributed by atoms with Crippen molar-refractivity contribution < 1.29 is 38.3 Å². The molecule has 0 saturated heterocycles. The minimum atomic E-state index is -2.43. The van der Waals surface area contributed by atoms with E-state index in [9.17, 15) is 13.6 Å². The molecule has 0 fully saturated rings. The molecule has 54 valence electrons. The molecule has 0 spiro atoms. The number of rotatable bonds is 1. The maximum atomic E-state index is 10.6. The van der Waals surface area contributed by atoms with Crippen LogP contribution < -0.4 is 35.1 Å². The molecule has 0 radical (unpaired) electrons. The van der Waals surface area contributed by atoms with Crippen LogP contribution in [0.25, 0.3) is 0 Å². The van der Waals surface area contributed by atoms with Gasteiger partial charge in [-0.3, -0.25) is 9.00 Å². The van der Waals surface area contributed by atoms with Crippen LogP contribution in [0.2, 0.25) is 0 Å². The second-order valence-corrected chi connectivity index (χ2v) is 2.51. The van der Waals surface area contributed by atoms with Gasteiger partial charge in [-0.2, -0.15) is 0 Å². The van der Waals surface area contributed by atoms with Crippen molar-refractivity contribution in [1.82, 2.24) is 4.98 Å². The maximum absolute atomic E-state index is 10.6. The molecule has 6 heteroatoms. The van der Waals surface area contributed by atoms with Crippen LogP contribution in [-0.2, 0) is 11.1 Å². The number of pyridine rings is 1. The average molecular weight is 181 g/mol. The second-order valence-electron chi connectivity index (χ2n) is 1.60. The molecule has 1 N–H and O–H groups in total. The first-order valence-electron chi connectivity index (χ1n) is 2.49. The molecule has 0 aliphatic carbocycles. The van der Waals surface area contributed by atoms with E-state index >= 15 is 0 Å². The van der Waals surface area contributed by atoms with Gasteiger partial charge in [-0.05, 0) is 23.2 Å². The summed E-state index contributed by atoms with van der Waals surface area (Å²) in [7, 11) is 0. The van der Waals surface area contributed by atoms with Crippen LogP contribution in [0.15, 0.2) is 28.0 Å². The minimum absolute atomic E-state index is 0. The average Bonchev–Trinajstić information content (AvgIpc) is 1.88. The summed E-state index contributed by atoms with van der Waals surface area (Å²) < 4.78 is 20.4. The van der Waals surface area contributed by atoms with Gasteiger partial charge in [-0.15, -0.1) is 0 Å². The Hall–Kier alpha value is 0.0600. The van der Waals surface area contributed by atoms with Crippen molar-refractivity contribution in [2.75, 3.05) is 0 Å². The summed E-state index contributed by atoms with van der Waals surface area (Å²) in [5, 5.41) is 0. The Bertz CT molecular complexity index is 311. The van der Waals surface area contributed by atoms with Crippen LogP contribution in [0.4, 0.5) is 0 Å². The smallest absolute Gasteiger partial charge is 0.768 e. The van der Waals surface area contributed by atoms with Crippen LogP contribution in [0.5, 0.6) is 0 Å². The van der Waals surface area contributed by atoms with Gasteiger partial charge in [-0.1, -0.05) is 0 Å². The summed E-state index contributed by atoms with van der Waals surface area (Å²) in [5.41, 5.74) is -0.587. The summed E-state index contributed by atoms with van der Waals surface area (Å²) in [4.78, 5) is 12.6. The molecular formula is C5H4NNaO3S. The third kappa shape index (κ3) is 2.88. The van der Waals surface area contributed by atoms with Crippen molar-refractivity contribution >= 4 is 11.1 Å². The van der Waals surface area contributed by atoms with Crippen molar-refractivity contribution in [2.45, 2.75) is 4.90 Å². The Morgan fingerprint density at radius 3 is 2.55 bits per heavy atom. The molecule has 11 heavy (non-hydrogen) atoms. The predicted molar refractivity (Wildman–Crippen MR) is 34.2 cm³/mol. The van der Waals surface area contributed by atoms with Gasteiger partial charge in [0.25, 0.3) is 5.56 Å². The number of nitrogens with one attached hydrogen (secondary N) is 1. The SMILES string of the molecule is O=c1[nH]cccc1S(=O)[O-].[Na+].